The summed E-state index contributed by atoms with van der Waals surface area (Å²) in [5.41, 5.74) is 1.01. The van der Waals surface area contributed by atoms with Gasteiger partial charge in [-0.05, 0) is 37.1 Å². The van der Waals surface area contributed by atoms with Crippen LogP contribution in [0.5, 0.6) is 5.75 Å². The SMILES string of the molecule is COc1ccc(C(=S)NCC2CCCO2)cc1. The van der Waals surface area contributed by atoms with E-state index in [9.17, 15) is 0 Å². The fourth-order valence-electron chi connectivity index (χ4n) is 1.86. The van der Waals surface area contributed by atoms with Crippen LogP contribution in [0.3, 0.4) is 0 Å². The summed E-state index contributed by atoms with van der Waals surface area (Å²) in [6.07, 6.45) is 2.59. The topological polar surface area (TPSA) is 30.5 Å². The van der Waals surface area contributed by atoms with Crippen LogP contribution in [-0.4, -0.2) is 31.4 Å². The molecule has 0 saturated carbocycles. The molecule has 4 heteroatoms. The Morgan fingerprint density at radius 2 is 2.24 bits per heavy atom. The molecular formula is C13H17NO2S. The van der Waals surface area contributed by atoms with Crippen molar-refractivity contribution in [2.45, 2.75) is 18.9 Å². The van der Waals surface area contributed by atoms with Crippen molar-refractivity contribution in [2.75, 3.05) is 20.3 Å². The first-order chi connectivity index (χ1) is 8.29. The van der Waals surface area contributed by atoms with Crippen LogP contribution in [-0.2, 0) is 4.74 Å². The first-order valence-electron chi connectivity index (χ1n) is 5.83. The molecule has 3 nitrogen and oxygen atoms in total. The molecule has 1 atom stereocenters. The van der Waals surface area contributed by atoms with Gasteiger partial charge in [-0.1, -0.05) is 12.2 Å². The van der Waals surface area contributed by atoms with Crippen LogP contribution >= 0.6 is 12.2 Å². The highest BCUT2D eigenvalue weighted by atomic mass is 32.1. The van der Waals surface area contributed by atoms with Crippen molar-refractivity contribution in [2.24, 2.45) is 0 Å². The molecule has 1 N–H and O–H groups in total. The largest absolute Gasteiger partial charge is 0.497 e. The van der Waals surface area contributed by atoms with Gasteiger partial charge in [0.2, 0.25) is 0 Å². The quantitative estimate of drug-likeness (QED) is 0.831. The molecule has 0 bridgehead atoms. The second kappa shape index (κ2) is 5.98. The first-order valence-corrected chi connectivity index (χ1v) is 6.24. The van der Waals surface area contributed by atoms with E-state index in [0.717, 1.165) is 42.3 Å². The van der Waals surface area contributed by atoms with Crippen molar-refractivity contribution >= 4 is 17.2 Å². The molecule has 2 rings (SSSR count). The van der Waals surface area contributed by atoms with Gasteiger partial charge < -0.3 is 14.8 Å². The maximum absolute atomic E-state index is 5.53. The summed E-state index contributed by atoms with van der Waals surface area (Å²) in [6.45, 7) is 1.67. The molecule has 1 heterocycles. The standard InChI is InChI=1S/C13H17NO2S/c1-15-11-6-4-10(5-7-11)13(17)14-9-12-3-2-8-16-12/h4-7,12H,2-3,8-9H2,1H3,(H,14,17). The monoisotopic (exact) mass is 251 g/mol. The van der Waals surface area contributed by atoms with E-state index in [1.54, 1.807) is 7.11 Å². The molecule has 1 unspecified atom stereocenters. The Hall–Kier alpha value is -1.13. The maximum Gasteiger partial charge on any atom is 0.118 e. The van der Waals surface area contributed by atoms with E-state index in [2.05, 4.69) is 5.32 Å². The minimum Gasteiger partial charge on any atom is -0.497 e. The Morgan fingerprint density at radius 3 is 2.82 bits per heavy atom. The summed E-state index contributed by atoms with van der Waals surface area (Å²) in [4.78, 5) is 0.767. The van der Waals surface area contributed by atoms with E-state index in [0.29, 0.717) is 6.10 Å². The van der Waals surface area contributed by atoms with Crippen molar-refractivity contribution in [3.63, 3.8) is 0 Å². The lowest BCUT2D eigenvalue weighted by Gasteiger charge is -2.12. The highest BCUT2D eigenvalue weighted by molar-refractivity contribution is 7.80. The van der Waals surface area contributed by atoms with E-state index in [1.807, 2.05) is 24.3 Å². The van der Waals surface area contributed by atoms with Gasteiger partial charge in [-0.15, -0.1) is 0 Å². The molecule has 1 saturated heterocycles. The van der Waals surface area contributed by atoms with Crippen molar-refractivity contribution in [1.82, 2.24) is 5.32 Å². The van der Waals surface area contributed by atoms with Crippen LogP contribution in [0.2, 0.25) is 0 Å². The Balaban J connectivity index is 1.85. The van der Waals surface area contributed by atoms with E-state index in [-0.39, 0.29) is 0 Å². The molecule has 0 aliphatic carbocycles. The highest BCUT2D eigenvalue weighted by Crippen LogP contribution is 2.13. The molecule has 0 radical (unpaired) electrons. The molecule has 17 heavy (non-hydrogen) atoms. The fourth-order valence-corrected chi connectivity index (χ4v) is 2.08. The van der Waals surface area contributed by atoms with Gasteiger partial charge in [0.25, 0.3) is 0 Å². The number of hydrogen-bond acceptors (Lipinski definition) is 3. The van der Waals surface area contributed by atoms with Crippen LogP contribution < -0.4 is 10.1 Å². The normalized spacial score (nSPS) is 19.0. The van der Waals surface area contributed by atoms with Gasteiger partial charge in [0, 0.05) is 18.7 Å². The first kappa shape index (κ1) is 12.3. The Labute approximate surface area is 107 Å². The second-order valence-corrected chi connectivity index (χ2v) is 4.48. The number of thiocarbonyl (C=S) groups is 1. The lowest BCUT2D eigenvalue weighted by atomic mass is 10.2. The molecular weight excluding hydrogens is 234 g/mol. The zero-order valence-corrected chi connectivity index (χ0v) is 10.8. The molecule has 0 spiro atoms. The third-order valence-corrected chi connectivity index (χ3v) is 3.25. The molecule has 1 fully saturated rings. The minimum absolute atomic E-state index is 0.311. The third-order valence-electron chi connectivity index (χ3n) is 2.87. The lowest BCUT2D eigenvalue weighted by molar-refractivity contribution is 0.114. The fraction of sp³-hybridized carbons (Fsp3) is 0.462. The molecule has 1 aromatic carbocycles. The molecule has 1 aromatic rings. The number of nitrogens with one attached hydrogen (secondary N) is 1. The van der Waals surface area contributed by atoms with Crippen LogP contribution in [0.1, 0.15) is 18.4 Å². The second-order valence-electron chi connectivity index (χ2n) is 4.07. The van der Waals surface area contributed by atoms with Crippen molar-refractivity contribution in [1.29, 1.82) is 0 Å². The Bertz CT molecular complexity index is 372. The molecule has 0 amide bonds. The smallest absolute Gasteiger partial charge is 0.118 e. The van der Waals surface area contributed by atoms with Gasteiger partial charge in [-0.3, -0.25) is 0 Å². The number of methoxy groups -OCH3 is 1. The molecule has 1 aliphatic heterocycles. The van der Waals surface area contributed by atoms with Crippen LogP contribution in [0, 0.1) is 0 Å². The number of rotatable bonds is 4. The molecule has 0 aromatic heterocycles. The number of benzene rings is 1. The molecule has 92 valence electrons. The van der Waals surface area contributed by atoms with Crippen LogP contribution in [0.15, 0.2) is 24.3 Å². The van der Waals surface area contributed by atoms with E-state index in [4.69, 9.17) is 21.7 Å². The third kappa shape index (κ3) is 3.41. The number of hydrogen-bond donors (Lipinski definition) is 1. The zero-order chi connectivity index (χ0) is 12.1. The van der Waals surface area contributed by atoms with Crippen LogP contribution in [0.4, 0.5) is 0 Å². The summed E-state index contributed by atoms with van der Waals surface area (Å²) in [7, 11) is 1.66. The predicted molar refractivity (Wildman–Crippen MR) is 71.7 cm³/mol. The predicted octanol–water partition coefficient (Wildman–Crippen LogP) is 2.14. The molecule has 1 aliphatic rings. The van der Waals surface area contributed by atoms with Gasteiger partial charge in [-0.25, -0.2) is 0 Å². The summed E-state index contributed by atoms with van der Waals surface area (Å²) in [5, 5.41) is 3.24. The van der Waals surface area contributed by atoms with Gasteiger partial charge >= 0.3 is 0 Å². The number of ether oxygens (including phenoxy) is 2. The highest BCUT2D eigenvalue weighted by Gasteiger charge is 2.15. The van der Waals surface area contributed by atoms with Gasteiger partial charge in [0.1, 0.15) is 10.7 Å². The van der Waals surface area contributed by atoms with Gasteiger partial charge in [-0.2, -0.15) is 0 Å². The van der Waals surface area contributed by atoms with Crippen LogP contribution in [0.25, 0.3) is 0 Å². The van der Waals surface area contributed by atoms with E-state index in [1.165, 1.54) is 0 Å². The van der Waals surface area contributed by atoms with Crippen molar-refractivity contribution in [3.8, 4) is 5.75 Å². The van der Waals surface area contributed by atoms with Gasteiger partial charge in [0.05, 0.1) is 13.2 Å². The van der Waals surface area contributed by atoms with E-state index < -0.39 is 0 Å². The summed E-state index contributed by atoms with van der Waals surface area (Å²) < 4.78 is 10.6. The average molecular weight is 251 g/mol. The van der Waals surface area contributed by atoms with Crippen molar-refractivity contribution < 1.29 is 9.47 Å². The van der Waals surface area contributed by atoms with Gasteiger partial charge in [0.15, 0.2) is 0 Å². The Morgan fingerprint density at radius 1 is 1.47 bits per heavy atom. The van der Waals surface area contributed by atoms with E-state index >= 15 is 0 Å². The summed E-state index contributed by atoms with van der Waals surface area (Å²) in [5.74, 6) is 0.843. The average Bonchev–Trinajstić information content (AvgIpc) is 2.89. The zero-order valence-electron chi connectivity index (χ0n) is 9.94. The summed E-state index contributed by atoms with van der Waals surface area (Å²) in [6, 6.07) is 7.75. The Kier molecular flexibility index (Phi) is 4.34. The lowest BCUT2D eigenvalue weighted by Crippen LogP contribution is -2.31. The van der Waals surface area contributed by atoms with Crippen molar-refractivity contribution in [3.05, 3.63) is 29.8 Å². The minimum atomic E-state index is 0.311. The maximum atomic E-state index is 5.53. The summed E-state index contributed by atoms with van der Waals surface area (Å²) >= 11 is 5.33.